The summed E-state index contributed by atoms with van der Waals surface area (Å²) in [6.07, 6.45) is 6.65. The van der Waals surface area contributed by atoms with Crippen molar-refractivity contribution in [2.45, 2.75) is 52.9 Å². The Labute approximate surface area is 187 Å². The minimum atomic E-state index is -0.422. The molecule has 1 saturated heterocycles. The molecule has 8 nitrogen and oxygen atoms in total. The first-order valence-electron chi connectivity index (χ1n) is 10.6. The number of hydrogen-bond donors (Lipinski definition) is 1. The Morgan fingerprint density at radius 3 is 2.52 bits per heavy atom. The largest absolute Gasteiger partial charge is 0.383 e. The van der Waals surface area contributed by atoms with E-state index in [1.165, 1.54) is 12.4 Å². The van der Waals surface area contributed by atoms with Crippen molar-refractivity contribution in [3.05, 3.63) is 40.3 Å². The van der Waals surface area contributed by atoms with Crippen LogP contribution in [-0.4, -0.2) is 49.6 Å². The van der Waals surface area contributed by atoms with E-state index in [4.69, 9.17) is 17.3 Å². The van der Waals surface area contributed by atoms with E-state index < -0.39 is 5.92 Å². The van der Waals surface area contributed by atoms with E-state index in [1.807, 2.05) is 18.7 Å². The number of anilines is 1. The van der Waals surface area contributed by atoms with Crippen LogP contribution in [-0.2, 0) is 11.2 Å². The normalized spacial score (nSPS) is 15.7. The number of aromatic nitrogens is 4. The van der Waals surface area contributed by atoms with Gasteiger partial charge in [-0.15, -0.1) is 0 Å². The lowest BCUT2D eigenvalue weighted by atomic mass is 9.89. The molecule has 2 aromatic heterocycles. The first-order valence-corrected chi connectivity index (χ1v) is 11.0. The Morgan fingerprint density at radius 1 is 1.19 bits per heavy atom. The molecule has 3 heterocycles. The smallest absolute Gasteiger partial charge is 0.225 e. The lowest BCUT2D eigenvalue weighted by molar-refractivity contribution is -0.136. The van der Waals surface area contributed by atoms with Crippen molar-refractivity contribution in [1.82, 2.24) is 24.8 Å². The van der Waals surface area contributed by atoms with Crippen molar-refractivity contribution in [2.75, 3.05) is 18.8 Å². The summed E-state index contributed by atoms with van der Waals surface area (Å²) < 4.78 is 0. The van der Waals surface area contributed by atoms with Gasteiger partial charge < -0.3 is 10.6 Å². The SMILES string of the molecule is Cc1nc(C)c(CCC2CCN(C(=O)[C@H](C)CC(=O)c3nccnc3Cl)CC2)c(N)n1. The molecule has 2 N–H and O–H groups in total. The van der Waals surface area contributed by atoms with Crippen LogP contribution in [0.25, 0.3) is 0 Å². The van der Waals surface area contributed by atoms with Gasteiger partial charge in [0.05, 0.1) is 0 Å². The van der Waals surface area contributed by atoms with Gasteiger partial charge in [0.15, 0.2) is 10.9 Å². The van der Waals surface area contributed by atoms with Crippen LogP contribution < -0.4 is 5.73 Å². The van der Waals surface area contributed by atoms with Crippen molar-refractivity contribution in [3.8, 4) is 0 Å². The van der Waals surface area contributed by atoms with Gasteiger partial charge in [0.2, 0.25) is 5.91 Å². The minimum absolute atomic E-state index is 0.00108. The van der Waals surface area contributed by atoms with E-state index in [9.17, 15) is 9.59 Å². The second-order valence-corrected chi connectivity index (χ2v) is 8.61. The molecule has 0 aromatic carbocycles. The van der Waals surface area contributed by atoms with E-state index in [1.54, 1.807) is 6.92 Å². The van der Waals surface area contributed by atoms with Gasteiger partial charge in [0.25, 0.3) is 0 Å². The maximum Gasteiger partial charge on any atom is 0.225 e. The number of amides is 1. The summed E-state index contributed by atoms with van der Waals surface area (Å²) in [5, 5.41) is 0.0720. The van der Waals surface area contributed by atoms with E-state index in [-0.39, 0.29) is 29.0 Å². The van der Waals surface area contributed by atoms with Gasteiger partial charge in [-0.25, -0.2) is 19.9 Å². The molecule has 9 heteroatoms. The Hall–Kier alpha value is -2.61. The fourth-order valence-electron chi connectivity index (χ4n) is 4.14. The minimum Gasteiger partial charge on any atom is -0.383 e. The second-order valence-electron chi connectivity index (χ2n) is 8.25. The van der Waals surface area contributed by atoms with E-state index in [2.05, 4.69) is 19.9 Å². The highest BCUT2D eigenvalue weighted by molar-refractivity contribution is 6.32. The zero-order valence-corrected chi connectivity index (χ0v) is 19.0. The number of aryl methyl sites for hydroxylation is 2. The third-order valence-electron chi connectivity index (χ3n) is 5.92. The zero-order chi connectivity index (χ0) is 22.5. The highest BCUT2D eigenvalue weighted by Crippen LogP contribution is 2.26. The predicted molar refractivity (Wildman–Crippen MR) is 119 cm³/mol. The van der Waals surface area contributed by atoms with E-state index >= 15 is 0 Å². The number of carbonyl (C=O) groups is 2. The molecule has 0 saturated carbocycles. The summed E-state index contributed by atoms with van der Waals surface area (Å²) in [5.74, 6) is 1.11. The van der Waals surface area contributed by atoms with Gasteiger partial charge in [0, 0.05) is 49.1 Å². The number of halogens is 1. The maximum absolute atomic E-state index is 12.8. The lowest BCUT2D eigenvalue weighted by Crippen LogP contribution is -2.41. The van der Waals surface area contributed by atoms with Crippen LogP contribution in [0.3, 0.4) is 0 Å². The third-order valence-corrected chi connectivity index (χ3v) is 6.19. The number of Topliss-reactive ketones (excluding diaryl/α,β-unsaturated/α-hetero) is 1. The number of rotatable bonds is 7. The summed E-state index contributed by atoms with van der Waals surface area (Å²) >= 11 is 5.94. The number of nitrogens with two attached hydrogens (primary N) is 1. The fourth-order valence-corrected chi connectivity index (χ4v) is 4.35. The Balaban J connectivity index is 1.48. The highest BCUT2D eigenvalue weighted by atomic mass is 35.5. The van der Waals surface area contributed by atoms with Crippen LogP contribution in [0, 0.1) is 25.7 Å². The van der Waals surface area contributed by atoms with Crippen LogP contribution >= 0.6 is 11.6 Å². The van der Waals surface area contributed by atoms with Gasteiger partial charge in [-0.2, -0.15) is 0 Å². The number of nitrogen functional groups attached to an aromatic ring is 1. The lowest BCUT2D eigenvalue weighted by Gasteiger charge is -2.33. The van der Waals surface area contributed by atoms with Crippen molar-refractivity contribution >= 4 is 29.1 Å². The Kier molecular flexibility index (Phi) is 7.54. The molecule has 2 aromatic rings. The van der Waals surface area contributed by atoms with E-state index in [0.717, 1.165) is 36.9 Å². The number of carbonyl (C=O) groups excluding carboxylic acids is 2. The average molecular weight is 445 g/mol. The zero-order valence-electron chi connectivity index (χ0n) is 18.3. The molecule has 0 spiro atoms. The second kappa shape index (κ2) is 10.1. The van der Waals surface area contributed by atoms with Gasteiger partial charge in [-0.05, 0) is 45.4 Å². The maximum atomic E-state index is 12.8. The fraction of sp³-hybridized carbons (Fsp3) is 0.545. The summed E-state index contributed by atoms with van der Waals surface area (Å²) in [5.41, 5.74) is 8.17. The molecule has 0 unspecified atom stereocenters. The molecule has 1 aliphatic rings. The topological polar surface area (TPSA) is 115 Å². The van der Waals surface area contributed by atoms with Gasteiger partial charge in [-0.3, -0.25) is 9.59 Å². The van der Waals surface area contributed by atoms with Gasteiger partial charge in [0.1, 0.15) is 17.3 Å². The monoisotopic (exact) mass is 444 g/mol. The molecule has 0 radical (unpaired) electrons. The standard InChI is InChI=1S/C22H29ClN6O2/c1-13(12-18(30)19-20(23)26-9-8-25-19)22(31)29-10-6-16(7-11-29)4-5-17-14(2)27-15(3)28-21(17)24/h8-9,13,16H,4-7,10-12H2,1-3H3,(H2,24,27,28)/t13-/m1/s1. The van der Waals surface area contributed by atoms with Crippen LogP contribution in [0.2, 0.25) is 5.15 Å². The molecule has 1 aliphatic heterocycles. The van der Waals surface area contributed by atoms with Crippen molar-refractivity contribution in [2.24, 2.45) is 11.8 Å². The number of ketones is 1. The first kappa shape index (κ1) is 23.1. The van der Waals surface area contributed by atoms with E-state index in [0.29, 0.717) is 30.6 Å². The molecule has 166 valence electrons. The van der Waals surface area contributed by atoms with Crippen molar-refractivity contribution < 1.29 is 9.59 Å². The average Bonchev–Trinajstić information content (AvgIpc) is 2.73. The summed E-state index contributed by atoms with van der Waals surface area (Å²) in [4.78, 5) is 43.7. The summed E-state index contributed by atoms with van der Waals surface area (Å²) in [7, 11) is 0. The first-order chi connectivity index (χ1) is 14.8. The summed E-state index contributed by atoms with van der Waals surface area (Å²) in [6.45, 7) is 6.99. The predicted octanol–water partition coefficient (Wildman–Crippen LogP) is 3.20. The van der Waals surface area contributed by atoms with Gasteiger partial charge in [-0.1, -0.05) is 18.5 Å². The molecular weight excluding hydrogens is 416 g/mol. The molecular formula is C22H29ClN6O2. The molecule has 0 aliphatic carbocycles. The molecule has 3 rings (SSSR count). The quantitative estimate of drug-likeness (QED) is 0.652. The van der Waals surface area contributed by atoms with Crippen LogP contribution in [0.1, 0.15) is 60.2 Å². The third kappa shape index (κ3) is 5.76. The Bertz CT molecular complexity index is 936. The van der Waals surface area contributed by atoms with Crippen LogP contribution in [0.15, 0.2) is 12.4 Å². The Morgan fingerprint density at radius 2 is 1.87 bits per heavy atom. The number of hydrogen-bond acceptors (Lipinski definition) is 7. The number of likely N-dealkylation sites (tertiary alicyclic amines) is 1. The molecule has 1 fully saturated rings. The van der Waals surface area contributed by atoms with Crippen LogP contribution in [0.5, 0.6) is 0 Å². The van der Waals surface area contributed by atoms with Crippen LogP contribution in [0.4, 0.5) is 5.82 Å². The number of piperidine rings is 1. The molecule has 1 amide bonds. The molecule has 1 atom stereocenters. The summed E-state index contributed by atoms with van der Waals surface area (Å²) in [6, 6.07) is 0. The molecule has 31 heavy (non-hydrogen) atoms. The van der Waals surface area contributed by atoms with Gasteiger partial charge >= 0.3 is 0 Å². The van der Waals surface area contributed by atoms with Crippen molar-refractivity contribution in [1.29, 1.82) is 0 Å². The van der Waals surface area contributed by atoms with Crippen molar-refractivity contribution in [3.63, 3.8) is 0 Å². The number of nitrogens with zero attached hydrogens (tertiary/aromatic N) is 5. The molecule has 0 bridgehead atoms. The highest BCUT2D eigenvalue weighted by Gasteiger charge is 2.28.